The number of hydrogen-bond acceptors (Lipinski definition) is 3. The first-order valence-corrected chi connectivity index (χ1v) is 7.56. The van der Waals surface area contributed by atoms with Crippen LogP contribution in [0.25, 0.3) is 10.8 Å². The van der Waals surface area contributed by atoms with Gasteiger partial charge in [0.25, 0.3) is 5.91 Å². The average molecular weight is 338 g/mol. The highest BCUT2D eigenvalue weighted by molar-refractivity contribution is 6.10. The Morgan fingerprint density at radius 3 is 2.32 bits per heavy atom. The highest BCUT2D eigenvalue weighted by Gasteiger charge is 2.12. The van der Waals surface area contributed by atoms with Gasteiger partial charge in [-0.3, -0.25) is 4.79 Å². The summed E-state index contributed by atoms with van der Waals surface area (Å²) < 4.78 is 18.2. The van der Waals surface area contributed by atoms with Gasteiger partial charge in [-0.1, -0.05) is 24.3 Å². The van der Waals surface area contributed by atoms with E-state index >= 15 is 0 Å². The van der Waals surface area contributed by atoms with E-state index in [-0.39, 0.29) is 5.91 Å². The maximum Gasteiger partial charge on any atom is 0.412 e. The molecule has 3 aromatic rings. The van der Waals surface area contributed by atoms with Gasteiger partial charge in [-0.15, -0.1) is 0 Å². The Morgan fingerprint density at radius 1 is 0.920 bits per heavy atom. The molecule has 0 spiro atoms. The average Bonchev–Trinajstić information content (AvgIpc) is 2.63. The third-order valence-electron chi connectivity index (χ3n) is 3.64. The summed E-state index contributed by atoms with van der Waals surface area (Å²) in [6.45, 7) is 0. The van der Waals surface area contributed by atoms with Crippen molar-refractivity contribution in [2.45, 2.75) is 0 Å². The zero-order valence-corrected chi connectivity index (χ0v) is 13.4. The third kappa shape index (κ3) is 3.58. The number of fused-ring (bicyclic) bond motifs is 1. The van der Waals surface area contributed by atoms with E-state index in [4.69, 9.17) is 4.74 Å². The quantitative estimate of drug-likeness (QED) is 0.760. The van der Waals surface area contributed by atoms with Crippen molar-refractivity contribution >= 4 is 28.5 Å². The Labute approximate surface area is 143 Å². The molecule has 6 heteroatoms. The molecule has 25 heavy (non-hydrogen) atoms. The van der Waals surface area contributed by atoms with Gasteiger partial charge in [0.05, 0.1) is 0 Å². The Morgan fingerprint density at radius 2 is 1.60 bits per heavy atom. The molecule has 0 atom stereocenters. The van der Waals surface area contributed by atoms with Gasteiger partial charge in [-0.2, -0.15) is 0 Å². The van der Waals surface area contributed by atoms with Gasteiger partial charge in [0.1, 0.15) is 11.6 Å². The van der Waals surface area contributed by atoms with Gasteiger partial charge in [0, 0.05) is 29.1 Å². The normalized spacial score (nSPS) is 10.3. The first-order valence-electron chi connectivity index (χ1n) is 7.56. The van der Waals surface area contributed by atoms with Crippen LogP contribution in [-0.4, -0.2) is 19.0 Å². The number of anilines is 1. The number of amides is 2. The van der Waals surface area contributed by atoms with Crippen molar-refractivity contribution in [1.82, 2.24) is 5.32 Å². The molecule has 0 aliphatic heterocycles. The van der Waals surface area contributed by atoms with Gasteiger partial charge in [-0.25, -0.2) is 9.18 Å². The number of carbonyl (C=O) groups excluding carboxylic acids is 2. The Balaban J connectivity index is 1.94. The minimum absolute atomic E-state index is 0.344. The lowest BCUT2D eigenvalue weighted by molar-refractivity contribution is 0.102. The number of hydrogen-bond donors (Lipinski definition) is 2. The monoisotopic (exact) mass is 338 g/mol. The first kappa shape index (κ1) is 16.4. The number of benzene rings is 3. The number of halogens is 1. The number of nitrogens with one attached hydrogen (secondary N) is 2. The van der Waals surface area contributed by atoms with Crippen LogP contribution >= 0.6 is 0 Å². The van der Waals surface area contributed by atoms with E-state index in [1.54, 1.807) is 30.3 Å². The van der Waals surface area contributed by atoms with Crippen molar-refractivity contribution in [1.29, 1.82) is 0 Å². The lowest BCUT2D eigenvalue weighted by Crippen LogP contribution is -2.22. The molecule has 0 heterocycles. The third-order valence-corrected chi connectivity index (χ3v) is 3.64. The first-order chi connectivity index (χ1) is 12.1. The van der Waals surface area contributed by atoms with E-state index in [2.05, 4.69) is 10.6 Å². The van der Waals surface area contributed by atoms with Crippen LogP contribution in [0.15, 0.2) is 60.7 Å². The largest absolute Gasteiger partial charge is 0.412 e. The van der Waals surface area contributed by atoms with E-state index in [1.807, 2.05) is 6.07 Å². The van der Waals surface area contributed by atoms with Crippen LogP contribution in [-0.2, 0) is 0 Å². The summed E-state index contributed by atoms with van der Waals surface area (Å²) in [5.41, 5.74) is 0.908. The van der Waals surface area contributed by atoms with Crippen LogP contribution in [0.1, 0.15) is 10.4 Å². The van der Waals surface area contributed by atoms with E-state index < -0.39 is 11.9 Å². The molecule has 0 saturated heterocycles. The molecule has 0 saturated carbocycles. The van der Waals surface area contributed by atoms with E-state index in [0.29, 0.717) is 22.4 Å². The summed E-state index contributed by atoms with van der Waals surface area (Å²) in [6.07, 6.45) is -0.576. The van der Waals surface area contributed by atoms with Gasteiger partial charge < -0.3 is 15.4 Å². The van der Waals surface area contributed by atoms with E-state index in [1.165, 1.54) is 31.3 Å². The molecule has 0 aliphatic carbocycles. The molecular weight excluding hydrogens is 323 g/mol. The molecule has 0 aromatic heterocycles. The van der Waals surface area contributed by atoms with Crippen LogP contribution in [0.3, 0.4) is 0 Å². The fraction of sp³-hybridized carbons (Fsp3) is 0.0526. The summed E-state index contributed by atoms with van der Waals surface area (Å²) in [5, 5.41) is 6.59. The molecular formula is C19H15FN2O3. The maximum absolute atomic E-state index is 13.0. The van der Waals surface area contributed by atoms with Crippen LogP contribution in [0.5, 0.6) is 5.75 Å². The van der Waals surface area contributed by atoms with E-state index in [9.17, 15) is 14.0 Å². The van der Waals surface area contributed by atoms with Gasteiger partial charge in [-0.05, 0) is 36.4 Å². The molecule has 5 nitrogen and oxygen atoms in total. The van der Waals surface area contributed by atoms with Crippen LogP contribution < -0.4 is 15.4 Å². The summed E-state index contributed by atoms with van der Waals surface area (Å²) in [5.74, 6) is -0.377. The SMILES string of the molecule is CNC(=O)Oc1cccc2c(NC(=O)c3ccc(F)cc3)cccc12. The molecule has 0 radical (unpaired) electrons. The van der Waals surface area contributed by atoms with Gasteiger partial charge in [0.2, 0.25) is 0 Å². The van der Waals surface area contributed by atoms with Gasteiger partial charge in [0.15, 0.2) is 0 Å². The maximum atomic E-state index is 13.0. The minimum atomic E-state index is -0.576. The lowest BCUT2D eigenvalue weighted by Gasteiger charge is -2.12. The summed E-state index contributed by atoms with van der Waals surface area (Å²) >= 11 is 0. The second-order valence-corrected chi connectivity index (χ2v) is 5.26. The van der Waals surface area contributed by atoms with Crippen LogP contribution in [0, 0.1) is 5.82 Å². The van der Waals surface area contributed by atoms with Crippen molar-refractivity contribution in [2.75, 3.05) is 12.4 Å². The topological polar surface area (TPSA) is 67.4 Å². The second kappa shape index (κ2) is 7.00. The summed E-state index contributed by atoms with van der Waals surface area (Å²) in [7, 11) is 1.47. The predicted molar refractivity (Wildman–Crippen MR) is 93.4 cm³/mol. The van der Waals surface area contributed by atoms with Crippen LogP contribution in [0.2, 0.25) is 0 Å². The molecule has 0 fully saturated rings. The standard InChI is InChI=1S/C19H15FN2O3/c1-21-19(24)25-17-7-3-4-14-15(17)5-2-6-16(14)22-18(23)12-8-10-13(20)11-9-12/h2-11H,1H3,(H,21,24)(H,22,23). The second-order valence-electron chi connectivity index (χ2n) is 5.26. The fourth-order valence-corrected chi connectivity index (χ4v) is 2.43. The Kier molecular flexibility index (Phi) is 4.61. The fourth-order valence-electron chi connectivity index (χ4n) is 2.43. The van der Waals surface area contributed by atoms with Crippen molar-refractivity contribution in [2.24, 2.45) is 0 Å². The van der Waals surface area contributed by atoms with Crippen molar-refractivity contribution in [3.63, 3.8) is 0 Å². The summed E-state index contributed by atoms with van der Waals surface area (Å²) in [6, 6.07) is 15.8. The molecule has 126 valence electrons. The van der Waals surface area contributed by atoms with Gasteiger partial charge >= 0.3 is 6.09 Å². The minimum Gasteiger partial charge on any atom is -0.410 e. The molecule has 2 amide bonds. The zero-order chi connectivity index (χ0) is 17.8. The Bertz CT molecular complexity index is 939. The zero-order valence-electron chi connectivity index (χ0n) is 13.4. The van der Waals surface area contributed by atoms with Crippen LogP contribution in [0.4, 0.5) is 14.9 Å². The lowest BCUT2D eigenvalue weighted by atomic mass is 10.1. The van der Waals surface area contributed by atoms with E-state index in [0.717, 1.165) is 5.39 Å². The van der Waals surface area contributed by atoms with Crippen molar-refractivity contribution in [3.05, 3.63) is 72.0 Å². The molecule has 0 unspecified atom stereocenters. The highest BCUT2D eigenvalue weighted by atomic mass is 19.1. The van der Waals surface area contributed by atoms with Crippen molar-refractivity contribution in [3.8, 4) is 5.75 Å². The molecule has 0 aliphatic rings. The number of carbonyl (C=O) groups is 2. The summed E-state index contributed by atoms with van der Waals surface area (Å²) in [4.78, 5) is 23.8. The smallest absolute Gasteiger partial charge is 0.410 e. The molecule has 3 rings (SSSR count). The number of rotatable bonds is 3. The number of ether oxygens (including phenoxy) is 1. The highest BCUT2D eigenvalue weighted by Crippen LogP contribution is 2.31. The molecule has 2 N–H and O–H groups in total. The Hall–Kier alpha value is -3.41. The van der Waals surface area contributed by atoms with Crippen molar-refractivity contribution < 1.29 is 18.7 Å². The molecule has 0 bridgehead atoms. The molecule has 3 aromatic carbocycles. The predicted octanol–water partition coefficient (Wildman–Crippen LogP) is 3.95.